The van der Waals surface area contributed by atoms with Crippen molar-refractivity contribution in [3.8, 4) is 0 Å². The number of fused-ring (bicyclic) bond motifs is 1. The lowest BCUT2D eigenvalue weighted by molar-refractivity contribution is -0.140. The molecule has 2 aromatic heterocycles. The van der Waals surface area contributed by atoms with Crippen LogP contribution in [-0.4, -0.2) is 52.3 Å². The quantitative estimate of drug-likeness (QED) is 0.817. The molecule has 2 fully saturated rings. The summed E-state index contributed by atoms with van der Waals surface area (Å²) in [4.78, 5) is 32.8. The number of pyridine rings is 1. The Morgan fingerprint density at radius 2 is 1.96 bits per heavy atom. The Balaban J connectivity index is 1.47. The molecule has 8 heteroatoms. The molecule has 1 unspecified atom stereocenters. The number of hydrogen-bond donors (Lipinski definition) is 0. The van der Waals surface area contributed by atoms with Crippen molar-refractivity contribution in [1.29, 1.82) is 0 Å². The maximum atomic E-state index is 13.3. The summed E-state index contributed by atoms with van der Waals surface area (Å²) in [7, 11) is 0. The summed E-state index contributed by atoms with van der Waals surface area (Å²) in [6.07, 6.45) is 1.77. The first kappa shape index (κ1) is 16.9. The molecule has 4 rings (SSSR count). The fourth-order valence-electron chi connectivity index (χ4n) is 3.69. The molecule has 4 heterocycles. The number of alkyl halides is 2. The van der Waals surface area contributed by atoms with Crippen molar-refractivity contribution >= 4 is 17.4 Å². The van der Waals surface area contributed by atoms with Gasteiger partial charge in [0.05, 0.1) is 5.92 Å². The molecule has 0 saturated carbocycles. The van der Waals surface area contributed by atoms with Crippen molar-refractivity contribution in [2.24, 2.45) is 5.92 Å². The van der Waals surface area contributed by atoms with Crippen LogP contribution in [0.25, 0.3) is 5.65 Å². The smallest absolute Gasteiger partial charge is 0.259 e. The molecular formula is C18H20F2N4O2. The van der Waals surface area contributed by atoms with E-state index in [2.05, 4.69) is 4.98 Å². The highest BCUT2D eigenvalue weighted by molar-refractivity contribution is 5.80. The van der Waals surface area contributed by atoms with Crippen LogP contribution in [0.1, 0.15) is 19.3 Å². The van der Waals surface area contributed by atoms with Crippen molar-refractivity contribution < 1.29 is 13.6 Å². The maximum absolute atomic E-state index is 13.3. The number of halogens is 2. The number of carbonyl (C=O) groups is 1. The second-order valence-electron chi connectivity index (χ2n) is 6.99. The van der Waals surface area contributed by atoms with Gasteiger partial charge in [-0.1, -0.05) is 6.07 Å². The predicted octanol–water partition coefficient (Wildman–Crippen LogP) is 1.78. The highest BCUT2D eigenvalue weighted by Gasteiger charge is 2.39. The number of piperidine rings is 1. The molecule has 26 heavy (non-hydrogen) atoms. The van der Waals surface area contributed by atoms with Gasteiger partial charge in [-0.25, -0.2) is 13.8 Å². The van der Waals surface area contributed by atoms with Crippen LogP contribution in [0, 0.1) is 5.92 Å². The van der Waals surface area contributed by atoms with Gasteiger partial charge in [0.15, 0.2) is 0 Å². The van der Waals surface area contributed by atoms with Crippen LogP contribution in [-0.2, 0) is 4.79 Å². The zero-order valence-corrected chi connectivity index (χ0v) is 14.3. The van der Waals surface area contributed by atoms with Crippen LogP contribution in [0.2, 0.25) is 0 Å². The molecule has 0 aromatic carbocycles. The highest BCUT2D eigenvalue weighted by Crippen LogP contribution is 2.30. The minimum absolute atomic E-state index is 0.0690. The fourth-order valence-corrected chi connectivity index (χ4v) is 3.69. The molecule has 1 amide bonds. The summed E-state index contributed by atoms with van der Waals surface area (Å²) in [5.74, 6) is -2.41. The zero-order chi connectivity index (χ0) is 18.3. The van der Waals surface area contributed by atoms with Gasteiger partial charge >= 0.3 is 0 Å². The van der Waals surface area contributed by atoms with Crippen molar-refractivity contribution in [2.75, 3.05) is 31.1 Å². The molecule has 0 bridgehead atoms. The van der Waals surface area contributed by atoms with E-state index in [-0.39, 0.29) is 43.3 Å². The summed E-state index contributed by atoms with van der Waals surface area (Å²) >= 11 is 0. The summed E-state index contributed by atoms with van der Waals surface area (Å²) < 4.78 is 28.0. The van der Waals surface area contributed by atoms with E-state index >= 15 is 0 Å². The minimum Gasteiger partial charge on any atom is -0.356 e. The monoisotopic (exact) mass is 362 g/mol. The minimum atomic E-state index is -2.66. The number of nitrogens with zero attached hydrogens (tertiary/aromatic N) is 4. The number of amides is 1. The molecule has 0 aliphatic carbocycles. The van der Waals surface area contributed by atoms with Crippen LogP contribution in [0.15, 0.2) is 35.3 Å². The Kier molecular flexibility index (Phi) is 4.13. The van der Waals surface area contributed by atoms with Crippen LogP contribution in [0.5, 0.6) is 0 Å². The molecular weight excluding hydrogens is 342 g/mol. The largest absolute Gasteiger partial charge is 0.356 e. The second-order valence-corrected chi connectivity index (χ2v) is 6.99. The Morgan fingerprint density at radius 1 is 1.19 bits per heavy atom. The van der Waals surface area contributed by atoms with E-state index in [4.69, 9.17) is 0 Å². The van der Waals surface area contributed by atoms with Crippen LogP contribution in [0.4, 0.5) is 14.6 Å². The van der Waals surface area contributed by atoms with Gasteiger partial charge < -0.3 is 9.80 Å². The molecule has 0 spiro atoms. The van der Waals surface area contributed by atoms with Crippen LogP contribution >= 0.6 is 0 Å². The third-order valence-electron chi connectivity index (χ3n) is 5.23. The molecule has 0 N–H and O–H groups in total. The molecule has 2 aliphatic rings. The van der Waals surface area contributed by atoms with E-state index < -0.39 is 5.92 Å². The summed E-state index contributed by atoms with van der Waals surface area (Å²) in [5.41, 5.74) is 0.390. The van der Waals surface area contributed by atoms with E-state index in [1.54, 1.807) is 23.2 Å². The van der Waals surface area contributed by atoms with Crippen molar-refractivity contribution in [3.63, 3.8) is 0 Å². The van der Waals surface area contributed by atoms with Gasteiger partial charge in [-0.3, -0.25) is 14.0 Å². The number of aromatic nitrogens is 2. The molecule has 138 valence electrons. The summed E-state index contributed by atoms with van der Waals surface area (Å²) in [6.45, 7) is 1.30. The van der Waals surface area contributed by atoms with Crippen molar-refractivity contribution in [3.05, 3.63) is 40.8 Å². The van der Waals surface area contributed by atoms with Crippen molar-refractivity contribution in [2.45, 2.75) is 25.2 Å². The van der Waals surface area contributed by atoms with Crippen molar-refractivity contribution in [1.82, 2.24) is 14.3 Å². The Labute approximate surface area is 149 Å². The average Bonchev–Trinajstić information content (AvgIpc) is 3.11. The van der Waals surface area contributed by atoms with Gasteiger partial charge in [-0.2, -0.15) is 0 Å². The van der Waals surface area contributed by atoms with E-state index in [1.807, 2.05) is 11.0 Å². The topological polar surface area (TPSA) is 57.9 Å². The maximum Gasteiger partial charge on any atom is 0.259 e. The van der Waals surface area contributed by atoms with Gasteiger partial charge in [-0.05, 0) is 18.6 Å². The van der Waals surface area contributed by atoms with E-state index in [0.717, 1.165) is 0 Å². The first-order chi connectivity index (χ1) is 12.4. The third-order valence-corrected chi connectivity index (χ3v) is 5.23. The first-order valence-corrected chi connectivity index (χ1v) is 8.83. The SMILES string of the molecule is O=C(C1CCN(c2cc(=O)n3ccccc3n2)C1)N1CCC(F)(F)CC1. The Hall–Kier alpha value is -2.51. The lowest BCUT2D eigenvalue weighted by atomic mass is 10.0. The fraction of sp³-hybridized carbons (Fsp3) is 0.500. The first-order valence-electron chi connectivity index (χ1n) is 8.83. The summed E-state index contributed by atoms with van der Waals surface area (Å²) in [5, 5.41) is 0. The number of carbonyl (C=O) groups excluding carboxylic acids is 1. The molecule has 1 atom stereocenters. The molecule has 2 aliphatic heterocycles. The van der Waals surface area contributed by atoms with Gasteiger partial charge in [0.25, 0.3) is 11.5 Å². The Bertz CT molecular complexity index is 888. The van der Waals surface area contributed by atoms with Crippen LogP contribution in [0.3, 0.4) is 0 Å². The molecule has 2 aromatic rings. The highest BCUT2D eigenvalue weighted by atomic mass is 19.3. The van der Waals surface area contributed by atoms with Gasteiger partial charge in [-0.15, -0.1) is 0 Å². The third kappa shape index (κ3) is 3.15. The van der Waals surface area contributed by atoms with E-state index in [0.29, 0.717) is 31.0 Å². The molecule has 6 nitrogen and oxygen atoms in total. The van der Waals surface area contributed by atoms with Crippen LogP contribution < -0.4 is 10.5 Å². The number of hydrogen-bond acceptors (Lipinski definition) is 4. The van der Waals surface area contributed by atoms with Gasteiger partial charge in [0.2, 0.25) is 5.91 Å². The number of rotatable bonds is 2. The number of anilines is 1. The Morgan fingerprint density at radius 3 is 2.73 bits per heavy atom. The summed E-state index contributed by atoms with van der Waals surface area (Å²) in [6, 6.07) is 6.81. The lowest BCUT2D eigenvalue weighted by Crippen LogP contribution is -2.45. The average molecular weight is 362 g/mol. The molecule has 2 saturated heterocycles. The zero-order valence-electron chi connectivity index (χ0n) is 14.3. The lowest BCUT2D eigenvalue weighted by Gasteiger charge is -2.33. The molecule has 0 radical (unpaired) electrons. The standard InChI is InChI=1S/C18H20F2N4O2/c19-18(20)5-9-22(10-6-18)17(26)13-4-8-23(12-13)15-11-16(25)24-7-2-1-3-14(24)21-15/h1-3,7,11,13H,4-6,8-10,12H2. The predicted molar refractivity (Wildman–Crippen MR) is 92.5 cm³/mol. The van der Waals surface area contributed by atoms with Gasteiger partial charge in [0, 0.05) is 51.3 Å². The van der Waals surface area contributed by atoms with E-state index in [1.165, 1.54) is 10.5 Å². The second kappa shape index (κ2) is 6.34. The van der Waals surface area contributed by atoms with Gasteiger partial charge in [0.1, 0.15) is 11.5 Å². The normalized spacial score (nSPS) is 22.8. The number of likely N-dealkylation sites (tertiary alicyclic amines) is 1. The van der Waals surface area contributed by atoms with E-state index in [9.17, 15) is 18.4 Å².